The van der Waals surface area contributed by atoms with Gasteiger partial charge in [-0.15, -0.1) is 0 Å². The summed E-state index contributed by atoms with van der Waals surface area (Å²) in [4.78, 5) is 1.16. The average Bonchev–Trinajstić information content (AvgIpc) is 2.21. The summed E-state index contributed by atoms with van der Waals surface area (Å²) in [6, 6.07) is 2.65. The van der Waals surface area contributed by atoms with Crippen molar-refractivity contribution in [2.75, 3.05) is 31.8 Å². The first kappa shape index (κ1) is 12.7. The van der Waals surface area contributed by atoms with Crippen LogP contribution in [0, 0.1) is 5.82 Å². The Morgan fingerprint density at radius 3 is 2.38 bits per heavy atom. The van der Waals surface area contributed by atoms with E-state index in [2.05, 4.69) is 0 Å². The minimum Gasteiger partial charge on any atom is -0.395 e. The highest BCUT2D eigenvalue weighted by atomic mass is 32.2. The molecule has 0 aromatic heterocycles. The number of rotatable bonds is 3. The van der Waals surface area contributed by atoms with Crippen LogP contribution in [0.25, 0.3) is 0 Å². The summed E-state index contributed by atoms with van der Waals surface area (Å²) in [7, 11) is 0.779. The van der Waals surface area contributed by atoms with Crippen LogP contribution in [0.5, 0.6) is 0 Å². The first-order chi connectivity index (χ1) is 7.31. The van der Waals surface area contributed by atoms with E-state index < -0.39 is 20.7 Å². The van der Waals surface area contributed by atoms with Crippen molar-refractivity contribution in [3.8, 4) is 0 Å². The number of sulfonamides is 1. The quantitative estimate of drug-likeness (QED) is 0.757. The van der Waals surface area contributed by atoms with E-state index in [4.69, 9.17) is 5.73 Å². The molecule has 90 valence electrons. The molecule has 0 saturated carbocycles. The number of benzene rings is 1. The third-order valence-corrected chi connectivity index (χ3v) is 3.59. The Morgan fingerprint density at radius 1 is 1.38 bits per heavy atom. The highest BCUT2D eigenvalue weighted by Crippen LogP contribution is 2.28. The molecular weight excluding hydrogens is 233 g/mol. The molecule has 0 atom stereocenters. The zero-order valence-corrected chi connectivity index (χ0v) is 10.1. The van der Waals surface area contributed by atoms with Crippen molar-refractivity contribution in [1.82, 2.24) is 4.72 Å². The van der Waals surface area contributed by atoms with Crippen molar-refractivity contribution in [2.24, 2.45) is 0 Å². The Morgan fingerprint density at radius 2 is 1.94 bits per heavy atom. The van der Waals surface area contributed by atoms with Crippen molar-refractivity contribution < 1.29 is 12.8 Å². The van der Waals surface area contributed by atoms with E-state index in [0.717, 1.165) is 0 Å². The average molecular weight is 247 g/mol. The normalized spacial score (nSPS) is 11.5. The van der Waals surface area contributed by atoms with Gasteiger partial charge in [0.25, 0.3) is 0 Å². The highest BCUT2D eigenvalue weighted by molar-refractivity contribution is 7.89. The second kappa shape index (κ2) is 4.26. The van der Waals surface area contributed by atoms with Gasteiger partial charge in [0, 0.05) is 14.1 Å². The number of nitrogen functional groups attached to an aromatic ring is 1. The van der Waals surface area contributed by atoms with Gasteiger partial charge in [0.05, 0.1) is 11.4 Å². The second-order valence-electron chi connectivity index (χ2n) is 3.41. The summed E-state index contributed by atoms with van der Waals surface area (Å²) < 4.78 is 38.6. The number of nitrogens with two attached hydrogens (primary N) is 1. The van der Waals surface area contributed by atoms with Crippen LogP contribution < -0.4 is 15.4 Å². The molecule has 0 amide bonds. The zero-order chi connectivity index (χ0) is 12.5. The van der Waals surface area contributed by atoms with Crippen LogP contribution in [-0.2, 0) is 10.0 Å². The molecule has 0 fully saturated rings. The smallest absolute Gasteiger partial charge is 0.243 e. The number of anilines is 2. The zero-order valence-electron chi connectivity index (χ0n) is 9.28. The van der Waals surface area contributed by atoms with Gasteiger partial charge < -0.3 is 10.6 Å². The third-order valence-electron chi connectivity index (χ3n) is 2.16. The maximum atomic E-state index is 13.7. The molecule has 0 saturated heterocycles. The number of hydrogen-bond acceptors (Lipinski definition) is 4. The predicted molar refractivity (Wildman–Crippen MR) is 61.4 cm³/mol. The molecule has 0 radical (unpaired) electrons. The Hall–Kier alpha value is -1.34. The fourth-order valence-electron chi connectivity index (χ4n) is 1.27. The van der Waals surface area contributed by atoms with Crippen LogP contribution in [0.4, 0.5) is 15.8 Å². The summed E-state index contributed by atoms with van der Waals surface area (Å²) in [5.74, 6) is -0.930. The molecule has 0 aliphatic rings. The molecule has 1 aromatic carbocycles. The fourth-order valence-corrected chi connectivity index (χ4v) is 2.08. The van der Waals surface area contributed by atoms with E-state index in [0.29, 0.717) is 5.69 Å². The van der Waals surface area contributed by atoms with Crippen LogP contribution in [0.1, 0.15) is 0 Å². The van der Waals surface area contributed by atoms with E-state index in [1.165, 1.54) is 19.2 Å². The van der Waals surface area contributed by atoms with Gasteiger partial charge in [-0.25, -0.2) is 17.5 Å². The van der Waals surface area contributed by atoms with Crippen molar-refractivity contribution in [2.45, 2.75) is 4.90 Å². The first-order valence-corrected chi connectivity index (χ1v) is 5.98. The Bertz CT molecular complexity index is 500. The van der Waals surface area contributed by atoms with Gasteiger partial charge in [0.2, 0.25) is 10.0 Å². The summed E-state index contributed by atoms with van der Waals surface area (Å²) in [6.45, 7) is 0. The lowest BCUT2D eigenvalue weighted by Gasteiger charge is -2.16. The monoisotopic (exact) mass is 247 g/mol. The SMILES string of the molecule is CNS(=O)(=O)c1ccc(N(C)C)c(N)c1F. The lowest BCUT2D eigenvalue weighted by atomic mass is 10.2. The van der Waals surface area contributed by atoms with Gasteiger partial charge in [0.15, 0.2) is 5.82 Å². The lowest BCUT2D eigenvalue weighted by Crippen LogP contribution is -2.21. The molecule has 7 heteroatoms. The van der Waals surface area contributed by atoms with Crippen LogP contribution in [0.3, 0.4) is 0 Å². The van der Waals surface area contributed by atoms with E-state index in [1.807, 2.05) is 4.72 Å². The third kappa shape index (κ3) is 2.10. The number of hydrogen-bond donors (Lipinski definition) is 2. The fraction of sp³-hybridized carbons (Fsp3) is 0.333. The van der Waals surface area contributed by atoms with E-state index >= 15 is 0 Å². The van der Waals surface area contributed by atoms with Crippen LogP contribution in [-0.4, -0.2) is 29.6 Å². The van der Waals surface area contributed by atoms with Crippen LogP contribution in [0.2, 0.25) is 0 Å². The van der Waals surface area contributed by atoms with Gasteiger partial charge in [0.1, 0.15) is 4.90 Å². The Balaban J connectivity index is 3.45. The van der Waals surface area contributed by atoms with E-state index in [9.17, 15) is 12.8 Å². The molecule has 0 aliphatic carbocycles. The van der Waals surface area contributed by atoms with Gasteiger partial charge in [-0.05, 0) is 19.2 Å². The molecule has 0 bridgehead atoms. The van der Waals surface area contributed by atoms with E-state index in [1.54, 1.807) is 19.0 Å². The second-order valence-corrected chi connectivity index (χ2v) is 5.27. The van der Waals surface area contributed by atoms with Crippen molar-refractivity contribution in [3.05, 3.63) is 17.9 Å². The molecule has 0 unspecified atom stereocenters. The van der Waals surface area contributed by atoms with Gasteiger partial charge in [-0.3, -0.25) is 0 Å². The molecule has 1 rings (SSSR count). The van der Waals surface area contributed by atoms with Gasteiger partial charge in [-0.1, -0.05) is 0 Å². The topological polar surface area (TPSA) is 75.4 Å². The molecule has 1 aromatic rings. The maximum Gasteiger partial charge on any atom is 0.243 e. The summed E-state index contributed by atoms with van der Waals surface area (Å²) >= 11 is 0. The minimum absolute atomic E-state index is 0.179. The lowest BCUT2D eigenvalue weighted by molar-refractivity contribution is 0.563. The molecule has 0 aliphatic heterocycles. The molecule has 0 spiro atoms. The molecular formula is C9H14FN3O2S. The molecule has 0 heterocycles. The van der Waals surface area contributed by atoms with Crippen molar-refractivity contribution >= 4 is 21.4 Å². The van der Waals surface area contributed by atoms with E-state index in [-0.39, 0.29) is 5.69 Å². The number of nitrogens with zero attached hydrogens (tertiary/aromatic N) is 1. The predicted octanol–water partition coefficient (Wildman–Crippen LogP) is 0.382. The summed E-state index contributed by atoms with van der Waals surface area (Å²) in [5.41, 5.74) is 5.79. The Kier molecular flexibility index (Phi) is 3.39. The summed E-state index contributed by atoms with van der Waals surface area (Å²) in [5, 5.41) is 0. The molecule has 16 heavy (non-hydrogen) atoms. The van der Waals surface area contributed by atoms with Crippen LogP contribution in [0.15, 0.2) is 17.0 Å². The largest absolute Gasteiger partial charge is 0.395 e. The summed E-state index contributed by atoms with van der Waals surface area (Å²) in [6.07, 6.45) is 0. The minimum atomic E-state index is -3.82. The first-order valence-electron chi connectivity index (χ1n) is 4.50. The van der Waals surface area contributed by atoms with Crippen molar-refractivity contribution in [1.29, 1.82) is 0 Å². The highest BCUT2D eigenvalue weighted by Gasteiger charge is 2.21. The maximum absolute atomic E-state index is 13.7. The Labute approximate surface area is 94.1 Å². The standard InChI is InChI=1S/C9H14FN3O2S/c1-12-16(14,15)7-5-4-6(13(2)3)9(11)8(7)10/h4-5,12H,11H2,1-3H3. The van der Waals surface area contributed by atoms with Gasteiger partial charge in [-0.2, -0.15) is 0 Å². The van der Waals surface area contributed by atoms with Gasteiger partial charge >= 0.3 is 0 Å². The molecule has 3 N–H and O–H groups in total. The number of halogens is 1. The number of nitrogens with one attached hydrogen (secondary N) is 1. The van der Waals surface area contributed by atoms with Crippen molar-refractivity contribution in [3.63, 3.8) is 0 Å². The molecule has 5 nitrogen and oxygen atoms in total. The van der Waals surface area contributed by atoms with Crippen LogP contribution >= 0.6 is 0 Å².